The van der Waals surface area contributed by atoms with Crippen LogP contribution in [0.5, 0.6) is 0 Å². The summed E-state index contributed by atoms with van der Waals surface area (Å²) in [6.07, 6.45) is 4.22. The quantitative estimate of drug-likeness (QED) is 0.721. The maximum Gasteiger partial charge on any atom is 0.242 e. The van der Waals surface area contributed by atoms with Crippen molar-refractivity contribution in [3.8, 4) is 0 Å². The second kappa shape index (κ2) is 7.86. The average Bonchev–Trinajstić information content (AvgIpc) is 2.38. The summed E-state index contributed by atoms with van der Waals surface area (Å²) >= 11 is 5.95. The van der Waals surface area contributed by atoms with Gasteiger partial charge in [0.1, 0.15) is 4.90 Å². The first kappa shape index (κ1) is 17.3. The predicted octanol–water partition coefficient (Wildman–Crippen LogP) is 3.42. The molecule has 0 saturated heterocycles. The number of halogens is 1. The van der Waals surface area contributed by atoms with Crippen molar-refractivity contribution in [1.82, 2.24) is 4.72 Å². The Morgan fingerprint density at radius 2 is 2.05 bits per heavy atom. The molecule has 0 aliphatic carbocycles. The number of hydrogen-bond donors (Lipinski definition) is 2. The normalized spacial score (nSPS) is 13.3. The van der Waals surface area contributed by atoms with Crippen molar-refractivity contribution < 1.29 is 8.42 Å². The number of benzene rings is 1. The molecule has 0 heterocycles. The van der Waals surface area contributed by atoms with Gasteiger partial charge in [-0.1, -0.05) is 44.7 Å². The van der Waals surface area contributed by atoms with Crippen LogP contribution in [0.15, 0.2) is 23.1 Å². The smallest absolute Gasteiger partial charge is 0.242 e. The molecule has 0 amide bonds. The summed E-state index contributed by atoms with van der Waals surface area (Å²) in [6, 6.07) is 4.42. The highest BCUT2D eigenvalue weighted by atomic mass is 35.5. The number of unbranched alkanes of at least 4 members (excludes halogenated alkanes) is 1. The Kier molecular flexibility index (Phi) is 6.79. The average molecular weight is 319 g/mol. The van der Waals surface area contributed by atoms with Crippen molar-refractivity contribution in [2.75, 3.05) is 12.3 Å². The van der Waals surface area contributed by atoms with E-state index in [1.54, 1.807) is 0 Å². The Labute approximate surface area is 126 Å². The summed E-state index contributed by atoms with van der Waals surface area (Å²) in [6.45, 7) is 4.65. The molecule has 0 spiro atoms. The van der Waals surface area contributed by atoms with Crippen molar-refractivity contribution in [2.24, 2.45) is 5.92 Å². The minimum absolute atomic E-state index is 0.0821. The lowest BCUT2D eigenvalue weighted by Crippen LogP contribution is -2.29. The lowest BCUT2D eigenvalue weighted by molar-refractivity contribution is 0.444. The highest BCUT2D eigenvalue weighted by Crippen LogP contribution is 2.24. The predicted molar refractivity (Wildman–Crippen MR) is 84.4 cm³/mol. The minimum atomic E-state index is -3.58. The summed E-state index contributed by atoms with van der Waals surface area (Å²) in [4.78, 5) is 0.0821. The molecule has 1 atom stereocenters. The van der Waals surface area contributed by atoms with Gasteiger partial charge in [0.15, 0.2) is 0 Å². The molecule has 0 fully saturated rings. The van der Waals surface area contributed by atoms with E-state index in [-0.39, 0.29) is 9.92 Å². The van der Waals surface area contributed by atoms with E-state index in [2.05, 4.69) is 18.6 Å². The molecular weight excluding hydrogens is 296 g/mol. The molecule has 0 bridgehead atoms. The lowest BCUT2D eigenvalue weighted by atomic mass is 10.00. The number of rotatable bonds is 8. The molecule has 0 radical (unpaired) electrons. The van der Waals surface area contributed by atoms with E-state index in [9.17, 15) is 8.42 Å². The Morgan fingerprint density at radius 1 is 1.35 bits per heavy atom. The van der Waals surface area contributed by atoms with Crippen LogP contribution in [0.3, 0.4) is 0 Å². The third-order valence-electron chi connectivity index (χ3n) is 3.35. The zero-order valence-corrected chi connectivity index (χ0v) is 13.6. The van der Waals surface area contributed by atoms with Crippen molar-refractivity contribution in [2.45, 2.75) is 44.4 Å². The Bertz CT molecular complexity index is 532. The third-order valence-corrected chi connectivity index (χ3v) is 5.26. The SMILES string of the molecule is CCCCC(CC)CNS(=O)(=O)c1ccc(N)cc1Cl. The van der Waals surface area contributed by atoms with Gasteiger partial charge in [-0.05, 0) is 30.5 Å². The van der Waals surface area contributed by atoms with Crippen LogP contribution >= 0.6 is 11.6 Å². The first-order chi connectivity index (χ1) is 9.40. The molecule has 4 nitrogen and oxygen atoms in total. The molecule has 0 aromatic heterocycles. The van der Waals surface area contributed by atoms with Crippen LogP contribution in [0.25, 0.3) is 0 Å². The van der Waals surface area contributed by atoms with Gasteiger partial charge in [-0.3, -0.25) is 0 Å². The summed E-state index contributed by atoms with van der Waals surface area (Å²) in [7, 11) is -3.58. The zero-order chi connectivity index (χ0) is 15.2. The fourth-order valence-electron chi connectivity index (χ4n) is 1.98. The number of hydrogen-bond acceptors (Lipinski definition) is 3. The summed E-state index contributed by atoms with van der Waals surface area (Å²) in [5, 5.41) is 0.152. The molecule has 20 heavy (non-hydrogen) atoms. The molecule has 0 saturated carbocycles. The summed E-state index contributed by atoms with van der Waals surface area (Å²) in [5.74, 6) is 0.359. The third kappa shape index (κ3) is 4.96. The Morgan fingerprint density at radius 3 is 2.60 bits per heavy atom. The van der Waals surface area contributed by atoms with Crippen molar-refractivity contribution in [3.05, 3.63) is 23.2 Å². The second-order valence-corrected chi connectivity index (χ2v) is 7.10. The van der Waals surface area contributed by atoms with E-state index in [1.807, 2.05) is 0 Å². The van der Waals surface area contributed by atoms with Crippen LogP contribution in [-0.4, -0.2) is 15.0 Å². The number of nitrogens with two attached hydrogens (primary N) is 1. The fourth-order valence-corrected chi connectivity index (χ4v) is 3.65. The standard InChI is InChI=1S/C14H23ClN2O2S/c1-3-5-6-11(4-2)10-17-20(18,19)14-8-7-12(16)9-13(14)15/h7-9,11,17H,3-6,10,16H2,1-2H3. The monoisotopic (exact) mass is 318 g/mol. The van der Waals surface area contributed by atoms with Crippen LogP contribution in [-0.2, 0) is 10.0 Å². The molecule has 0 aliphatic heterocycles. The minimum Gasteiger partial charge on any atom is -0.399 e. The van der Waals surface area contributed by atoms with Crippen LogP contribution in [0, 0.1) is 5.92 Å². The van der Waals surface area contributed by atoms with Gasteiger partial charge < -0.3 is 5.73 Å². The topological polar surface area (TPSA) is 72.2 Å². The van der Waals surface area contributed by atoms with Gasteiger partial charge in [-0.2, -0.15) is 0 Å². The Balaban J connectivity index is 2.74. The molecular formula is C14H23ClN2O2S. The van der Waals surface area contributed by atoms with E-state index in [0.717, 1.165) is 25.7 Å². The number of nitrogen functional groups attached to an aromatic ring is 1. The zero-order valence-electron chi connectivity index (χ0n) is 12.0. The van der Waals surface area contributed by atoms with Gasteiger partial charge >= 0.3 is 0 Å². The van der Waals surface area contributed by atoms with Crippen LogP contribution in [0.4, 0.5) is 5.69 Å². The van der Waals surface area contributed by atoms with Gasteiger partial charge in [0.25, 0.3) is 0 Å². The molecule has 6 heteroatoms. The Hall–Kier alpha value is -0.780. The van der Waals surface area contributed by atoms with Crippen LogP contribution in [0.2, 0.25) is 5.02 Å². The van der Waals surface area contributed by atoms with Crippen LogP contribution in [0.1, 0.15) is 39.5 Å². The van der Waals surface area contributed by atoms with Gasteiger partial charge in [0.05, 0.1) is 5.02 Å². The lowest BCUT2D eigenvalue weighted by Gasteiger charge is -2.16. The van der Waals surface area contributed by atoms with E-state index < -0.39 is 10.0 Å². The van der Waals surface area contributed by atoms with Gasteiger partial charge in [-0.15, -0.1) is 0 Å². The van der Waals surface area contributed by atoms with Crippen molar-refractivity contribution in [3.63, 3.8) is 0 Å². The largest absolute Gasteiger partial charge is 0.399 e. The second-order valence-electron chi connectivity index (χ2n) is 4.96. The van der Waals surface area contributed by atoms with Crippen molar-refractivity contribution >= 4 is 27.3 Å². The molecule has 1 aromatic carbocycles. The number of sulfonamides is 1. The van der Waals surface area contributed by atoms with Gasteiger partial charge in [0, 0.05) is 12.2 Å². The highest BCUT2D eigenvalue weighted by Gasteiger charge is 2.19. The molecule has 114 valence electrons. The first-order valence-electron chi connectivity index (χ1n) is 6.95. The molecule has 3 N–H and O–H groups in total. The number of nitrogens with one attached hydrogen (secondary N) is 1. The summed E-state index contributed by atoms with van der Waals surface area (Å²) in [5.41, 5.74) is 6.02. The van der Waals surface area contributed by atoms with Gasteiger partial charge in [0.2, 0.25) is 10.0 Å². The molecule has 1 rings (SSSR count). The van der Waals surface area contributed by atoms with Gasteiger partial charge in [-0.25, -0.2) is 13.1 Å². The first-order valence-corrected chi connectivity index (χ1v) is 8.81. The number of anilines is 1. The maximum absolute atomic E-state index is 12.2. The van der Waals surface area contributed by atoms with E-state index >= 15 is 0 Å². The molecule has 1 aromatic rings. The maximum atomic E-state index is 12.2. The van der Waals surface area contributed by atoms with E-state index in [4.69, 9.17) is 17.3 Å². The summed E-state index contributed by atoms with van der Waals surface area (Å²) < 4.78 is 27.1. The molecule has 1 unspecified atom stereocenters. The molecule has 0 aliphatic rings. The fraction of sp³-hybridized carbons (Fsp3) is 0.571. The highest BCUT2D eigenvalue weighted by molar-refractivity contribution is 7.89. The van der Waals surface area contributed by atoms with Crippen molar-refractivity contribution in [1.29, 1.82) is 0 Å². The van der Waals surface area contributed by atoms with E-state index in [1.165, 1.54) is 18.2 Å². The van der Waals surface area contributed by atoms with E-state index in [0.29, 0.717) is 18.2 Å². The van der Waals surface area contributed by atoms with Crippen LogP contribution < -0.4 is 10.5 Å².